The zero-order valence-electron chi connectivity index (χ0n) is 20.2. The molecule has 0 atom stereocenters. The van der Waals surface area contributed by atoms with Crippen molar-refractivity contribution in [2.75, 3.05) is 5.32 Å². The van der Waals surface area contributed by atoms with E-state index in [0.717, 1.165) is 16.7 Å². The topological polar surface area (TPSA) is 131 Å². The Hall–Kier alpha value is -4.77. The fourth-order valence-corrected chi connectivity index (χ4v) is 3.92. The van der Waals surface area contributed by atoms with Gasteiger partial charge in [0.15, 0.2) is 0 Å². The van der Waals surface area contributed by atoms with E-state index in [1.165, 1.54) is 17.0 Å². The van der Waals surface area contributed by atoms with Crippen molar-refractivity contribution in [2.45, 2.75) is 32.7 Å². The molecule has 3 aromatic carbocycles. The molecule has 1 heterocycles. The number of fused-ring (bicyclic) bond motifs is 1. The van der Waals surface area contributed by atoms with E-state index in [1.54, 1.807) is 50.2 Å². The summed E-state index contributed by atoms with van der Waals surface area (Å²) in [7, 11) is 0. The SMILES string of the molecule is Cc1ccc(NC(=O)c2cccc(C(C)(C)C#N)c2)cc1Cn1cnc2c(C(N)=O)cccc2c1=O. The minimum Gasteiger partial charge on any atom is -0.366 e. The first-order valence-electron chi connectivity index (χ1n) is 11.3. The van der Waals surface area contributed by atoms with Crippen LogP contribution in [0.2, 0.25) is 0 Å². The number of hydrogen-bond acceptors (Lipinski definition) is 5. The summed E-state index contributed by atoms with van der Waals surface area (Å²) >= 11 is 0. The predicted octanol–water partition coefficient (Wildman–Crippen LogP) is 3.91. The molecule has 3 N–H and O–H groups in total. The molecule has 4 rings (SSSR count). The molecule has 0 bridgehead atoms. The molecule has 8 nitrogen and oxygen atoms in total. The van der Waals surface area contributed by atoms with Gasteiger partial charge in [-0.1, -0.05) is 24.3 Å². The number of rotatable bonds is 6. The lowest BCUT2D eigenvalue weighted by molar-refractivity contribution is 0.0998. The van der Waals surface area contributed by atoms with Crippen molar-refractivity contribution >= 4 is 28.4 Å². The molecule has 1 aromatic heterocycles. The molecule has 0 aliphatic carbocycles. The first kappa shape index (κ1) is 24.4. The molecule has 0 saturated heterocycles. The van der Waals surface area contributed by atoms with Crippen molar-refractivity contribution in [3.05, 3.63) is 105 Å². The Kier molecular flexibility index (Phi) is 6.41. The van der Waals surface area contributed by atoms with Crippen molar-refractivity contribution in [1.82, 2.24) is 9.55 Å². The number of benzene rings is 3. The number of primary amides is 1. The van der Waals surface area contributed by atoms with Gasteiger partial charge in [-0.3, -0.25) is 19.0 Å². The molecular formula is C28H25N5O3. The van der Waals surface area contributed by atoms with Crippen LogP contribution in [0.1, 0.15) is 51.3 Å². The number of nitrogens with zero attached hydrogens (tertiary/aromatic N) is 3. The van der Waals surface area contributed by atoms with E-state index >= 15 is 0 Å². The van der Waals surface area contributed by atoms with E-state index in [4.69, 9.17) is 5.73 Å². The molecule has 0 fully saturated rings. The lowest BCUT2D eigenvalue weighted by atomic mass is 9.85. The van der Waals surface area contributed by atoms with Gasteiger partial charge < -0.3 is 11.1 Å². The summed E-state index contributed by atoms with van der Waals surface area (Å²) in [6, 6.07) is 19.5. The first-order valence-corrected chi connectivity index (χ1v) is 11.3. The summed E-state index contributed by atoms with van der Waals surface area (Å²) in [6.45, 7) is 5.74. The highest BCUT2D eigenvalue weighted by Gasteiger charge is 2.21. The number of carbonyl (C=O) groups is 2. The van der Waals surface area contributed by atoms with Gasteiger partial charge in [-0.25, -0.2) is 4.98 Å². The molecule has 180 valence electrons. The lowest BCUT2D eigenvalue weighted by Crippen LogP contribution is -2.23. The molecule has 0 aliphatic heterocycles. The van der Waals surface area contributed by atoms with Crippen molar-refractivity contribution < 1.29 is 9.59 Å². The first-order chi connectivity index (χ1) is 17.1. The average Bonchev–Trinajstić information content (AvgIpc) is 2.87. The Morgan fingerprint density at radius 1 is 1.11 bits per heavy atom. The zero-order chi connectivity index (χ0) is 26.0. The maximum atomic E-state index is 13.1. The number of nitriles is 1. The van der Waals surface area contributed by atoms with Crippen LogP contribution in [0.3, 0.4) is 0 Å². The highest BCUT2D eigenvalue weighted by atomic mass is 16.2. The number of aryl methyl sites for hydroxylation is 1. The largest absolute Gasteiger partial charge is 0.366 e. The molecule has 0 unspecified atom stereocenters. The summed E-state index contributed by atoms with van der Waals surface area (Å²) in [6.07, 6.45) is 1.39. The van der Waals surface area contributed by atoms with Crippen molar-refractivity contribution in [3.8, 4) is 6.07 Å². The fourth-order valence-electron chi connectivity index (χ4n) is 3.92. The van der Waals surface area contributed by atoms with Crippen LogP contribution in [-0.4, -0.2) is 21.4 Å². The van der Waals surface area contributed by atoms with Gasteiger partial charge >= 0.3 is 0 Å². The number of nitrogens with one attached hydrogen (secondary N) is 1. The average molecular weight is 480 g/mol. The Balaban J connectivity index is 1.62. The quantitative estimate of drug-likeness (QED) is 0.433. The normalized spacial score (nSPS) is 11.2. The van der Waals surface area contributed by atoms with Gasteiger partial charge in [0.25, 0.3) is 17.4 Å². The van der Waals surface area contributed by atoms with Crippen molar-refractivity contribution in [1.29, 1.82) is 5.26 Å². The second kappa shape index (κ2) is 9.47. The standard InChI is InChI=1S/C28H25N5O3/c1-17-10-11-21(32-26(35)18-6-4-7-20(12-18)28(2,3)15-29)13-19(17)14-33-16-31-24-22(25(30)34)8-5-9-23(24)27(33)36/h4-13,16H,14H2,1-3H3,(H2,30,34)(H,32,35). The smallest absolute Gasteiger partial charge is 0.261 e. The van der Waals surface area contributed by atoms with Gasteiger partial charge in [-0.2, -0.15) is 5.26 Å². The predicted molar refractivity (Wildman–Crippen MR) is 138 cm³/mol. The van der Waals surface area contributed by atoms with Crippen LogP contribution in [0, 0.1) is 18.3 Å². The third kappa shape index (κ3) is 4.72. The van der Waals surface area contributed by atoms with Crippen LogP contribution in [0.25, 0.3) is 10.9 Å². The number of para-hydroxylation sites is 1. The molecule has 0 saturated carbocycles. The van der Waals surface area contributed by atoms with Crippen LogP contribution in [0.4, 0.5) is 5.69 Å². The van der Waals surface area contributed by atoms with Gasteiger partial charge in [0.2, 0.25) is 0 Å². The number of amides is 2. The fraction of sp³-hybridized carbons (Fsp3) is 0.179. The van der Waals surface area contributed by atoms with Crippen LogP contribution in [-0.2, 0) is 12.0 Å². The summed E-state index contributed by atoms with van der Waals surface area (Å²) in [4.78, 5) is 42.0. The summed E-state index contributed by atoms with van der Waals surface area (Å²) in [5, 5.41) is 12.6. The van der Waals surface area contributed by atoms with Gasteiger partial charge in [0.05, 0.1) is 40.8 Å². The molecule has 2 amide bonds. The molecule has 0 spiro atoms. The Morgan fingerprint density at radius 2 is 1.86 bits per heavy atom. The van der Waals surface area contributed by atoms with E-state index in [9.17, 15) is 19.6 Å². The minimum absolute atomic E-state index is 0.194. The number of aromatic nitrogens is 2. The Labute approximate surface area is 208 Å². The summed E-state index contributed by atoms with van der Waals surface area (Å²) in [5.41, 5.74) is 8.38. The molecular weight excluding hydrogens is 454 g/mol. The highest BCUT2D eigenvalue weighted by molar-refractivity contribution is 6.05. The van der Waals surface area contributed by atoms with Gasteiger partial charge in [-0.05, 0) is 73.9 Å². The molecule has 4 aromatic rings. The Bertz CT molecular complexity index is 1610. The second-order valence-corrected chi connectivity index (χ2v) is 9.16. The monoisotopic (exact) mass is 479 g/mol. The third-order valence-electron chi connectivity index (χ3n) is 6.19. The number of carbonyl (C=O) groups excluding carboxylic acids is 2. The summed E-state index contributed by atoms with van der Waals surface area (Å²) < 4.78 is 1.45. The van der Waals surface area contributed by atoms with Crippen LogP contribution in [0.5, 0.6) is 0 Å². The molecule has 0 radical (unpaired) electrons. The van der Waals surface area contributed by atoms with Gasteiger partial charge in [0, 0.05) is 11.3 Å². The van der Waals surface area contributed by atoms with Crippen molar-refractivity contribution in [3.63, 3.8) is 0 Å². The molecule has 8 heteroatoms. The minimum atomic E-state index is -0.716. The van der Waals surface area contributed by atoms with Crippen molar-refractivity contribution in [2.24, 2.45) is 5.73 Å². The van der Waals surface area contributed by atoms with E-state index in [2.05, 4.69) is 16.4 Å². The maximum absolute atomic E-state index is 13.1. The zero-order valence-corrected chi connectivity index (χ0v) is 20.2. The molecule has 36 heavy (non-hydrogen) atoms. The van der Waals surface area contributed by atoms with Crippen LogP contribution in [0.15, 0.2) is 71.8 Å². The van der Waals surface area contributed by atoms with E-state index in [-0.39, 0.29) is 29.1 Å². The van der Waals surface area contributed by atoms with E-state index in [0.29, 0.717) is 16.6 Å². The number of hydrogen-bond donors (Lipinski definition) is 2. The number of anilines is 1. The second-order valence-electron chi connectivity index (χ2n) is 9.16. The number of nitrogens with two attached hydrogens (primary N) is 1. The van der Waals surface area contributed by atoms with E-state index in [1.807, 2.05) is 25.1 Å². The van der Waals surface area contributed by atoms with Gasteiger partial charge in [-0.15, -0.1) is 0 Å². The Morgan fingerprint density at radius 3 is 2.58 bits per heavy atom. The van der Waals surface area contributed by atoms with E-state index < -0.39 is 11.3 Å². The summed E-state index contributed by atoms with van der Waals surface area (Å²) in [5.74, 6) is -0.949. The van der Waals surface area contributed by atoms with Crippen LogP contribution >= 0.6 is 0 Å². The lowest BCUT2D eigenvalue weighted by Gasteiger charge is -2.17. The van der Waals surface area contributed by atoms with Gasteiger partial charge in [0.1, 0.15) is 0 Å². The third-order valence-corrected chi connectivity index (χ3v) is 6.19. The maximum Gasteiger partial charge on any atom is 0.261 e. The molecule has 0 aliphatic rings. The van der Waals surface area contributed by atoms with Crippen LogP contribution < -0.4 is 16.6 Å². The highest BCUT2D eigenvalue weighted by Crippen LogP contribution is 2.24.